The maximum absolute atomic E-state index is 13.5. The maximum atomic E-state index is 13.5. The Kier molecular flexibility index (Phi) is 4.44. The standard InChI is InChI=1S/C13H17FN2O3/c1-19-7-6-15(11-3-4-11)9-10-2-5-13(16(17)18)12(14)8-10/h2,5,8,11H,3-4,6-7,9H2,1H3. The molecule has 2 rings (SSSR count). The van der Waals surface area contributed by atoms with Gasteiger partial charge in [-0.05, 0) is 24.5 Å². The molecule has 0 radical (unpaired) electrons. The van der Waals surface area contributed by atoms with E-state index in [1.807, 2.05) is 0 Å². The van der Waals surface area contributed by atoms with Crippen molar-refractivity contribution in [2.75, 3.05) is 20.3 Å². The Bertz CT molecular complexity index is 463. The summed E-state index contributed by atoms with van der Waals surface area (Å²) in [5.74, 6) is -0.773. The average molecular weight is 268 g/mol. The molecular formula is C13H17FN2O3. The molecule has 1 aliphatic carbocycles. The predicted octanol–water partition coefficient (Wildman–Crippen LogP) is 2.34. The molecule has 5 nitrogen and oxygen atoms in total. The third-order valence-corrected chi connectivity index (χ3v) is 3.24. The van der Waals surface area contributed by atoms with Gasteiger partial charge in [-0.25, -0.2) is 0 Å². The molecule has 19 heavy (non-hydrogen) atoms. The first kappa shape index (κ1) is 13.9. The van der Waals surface area contributed by atoms with Gasteiger partial charge >= 0.3 is 5.69 Å². The largest absolute Gasteiger partial charge is 0.383 e. The molecule has 1 saturated carbocycles. The minimum Gasteiger partial charge on any atom is -0.383 e. The van der Waals surface area contributed by atoms with Crippen LogP contribution in [0.3, 0.4) is 0 Å². The summed E-state index contributed by atoms with van der Waals surface area (Å²) in [5, 5.41) is 10.6. The van der Waals surface area contributed by atoms with E-state index in [2.05, 4.69) is 4.90 Å². The van der Waals surface area contributed by atoms with Crippen LogP contribution in [0, 0.1) is 15.9 Å². The first-order chi connectivity index (χ1) is 9.11. The summed E-state index contributed by atoms with van der Waals surface area (Å²) in [6.07, 6.45) is 2.30. The van der Waals surface area contributed by atoms with E-state index in [-0.39, 0.29) is 0 Å². The molecule has 1 aliphatic rings. The average Bonchev–Trinajstić information content (AvgIpc) is 3.18. The van der Waals surface area contributed by atoms with Gasteiger partial charge in [0.15, 0.2) is 0 Å². The molecule has 104 valence electrons. The van der Waals surface area contributed by atoms with Crippen LogP contribution in [0.5, 0.6) is 0 Å². The molecule has 0 amide bonds. The summed E-state index contributed by atoms with van der Waals surface area (Å²) in [4.78, 5) is 12.1. The monoisotopic (exact) mass is 268 g/mol. The second-order valence-electron chi connectivity index (χ2n) is 4.74. The van der Waals surface area contributed by atoms with Crippen LogP contribution in [0.2, 0.25) is 0 Å². The Balaban J connectivity index is 2.04. The zero-order valence-electron chi connectivity index (χ0n) is 10.8. The van der Waals surface area contributed by atoms with E-state index in [0.717, 1.165) is 24.9 Å². The molecule has 0 aromatic heterocycles. The van der Waals surface area contributed by atoms with Crippen LogP contribution in [-0.4, -0.2) is 36.1 Å². The predicted molar refractivity (Wildman–Crippen MR) is 68.4 cm³/mol. The van der Waals surface area contributed by atoms with Crippen molar-refractivity contribution in [2.24, 2.45) is 0 Å². The molecule has 0 heterocycles. The summed E-state index contributed by atoms with van der Waals surface area (Å²) >= 11 is 0. The second kappa shape index (κ2) is 6.08. The van der Waals surface area contributed by atoms with E-state index >= 15 is 0 Å². The second-order valence-corrected chi connectivity index (χ2v) is 4.74. The Morgan fingerprint density at radius 3 is 2.79 bits per heavy atom. The Morgan fingerprint density at radius 1 is 1.53 bits per heavy atom. The third-order valence-electron chi connectivity index (χ3n) is 3.24. The maximum Gasteiger partial charge on any atom is 0.304 e. The Labute approximate surface area is 111 Å². The number of halogens is 1. The van der Waals surface area contributed by atoms with Gasteiger partial charge < -0.3 is 4.74 Å². The van der Waals surface area contributed by atoms with Crippen LogP contribution < -0.4 is 0 Å². The molecule has 6 heteroatoms. The summed E-state index contributed by atoms with van der Waals surface area (Å²) < 4.78 is 18.6. The van der Waals surface area contributed by atoms with E-state index in [4.69, 9.17) is 4.74 Å². The van der Waals surface area contributed by atoms with E-state index in [1.165, 1.54) is 12.1 Å². The molecule has 0 atom stereocenters. The topological polar surface area (TPSA) is 55.6 Å². The highest BCUT2D eigenvalue weighted by atomic mass is 19.1. The Morgan fingerprint density at radius 2 is 2.26 bits per heavy atom. The van der Waals surface area contributed by atoms with Gasteiger partial charge in [0.1, 0.15) is 0 Å². The molecule has 0 spiro atoms. The number of methoxy groups -OCH3 is 1. The third kappa shape index (κ3) is 3.71. The van der Waals surface area contributed by atoms with Crippen LogP contribution >= 0.6 is 0 Å². The minimum absolute atomic E-state index is 0.474. The SMILES string of the molecule is COCCN(Cc1ccc([N+](=O)[O-])c(F)c1)C1CC1. The van der Waals surface area contributed by atoms with Crippen molar-refractivity contribution in [2.45, 2.75) is 25.4 Å². The fourth-order valence-corrected chi connectivity index (χ4v) is 2.07. The molecule has 0 bridgehead atoms. The van der Waals surface area contributed by atoms with E-state index in [0.29, 0.717) is 19.2 Å². The molecule has 1 aromatic carbocycles. The quantitative estimate of drug-likeness (QED) is 0.562. The lowest BCUT2D eigenvalue weighted by Gasteiger charge is -2.21. The van der Waals surface area contributed by atoms with Crippen molar-refractivity contribution in [3.05, 3.63) is 39.7 Å². The number of ether oxygens (including phenoxy) is 1. The van der Waals surface area contributed by atoms with Crippen LogP contribution in [0.25, 0.3) is 0 Å². The van der Waals surface area contributed by atoms with Gasteiger partial charge in [0, 0.05) is 32.3 Å². The fourth-order valence-electron chi connectivity index (χ4n) is 2.07. The molecule has 0 saturated heterocycles. The highest BCUT2D eigenvalue weighted by Crippen LogP contribution is 2.28. The van der Waals surface area contributed by atoms with E-state index in [9.17, 15) is 14.5 Å². The van der Waals surface area contributed by atoms with Crippen molar-refractivity contribution in [1.29, 1.82) is 0 Å². The zero-order valence-corrected chi connectivity index (χ0v) is 10.8. The van der Waals surface area contributed by atoms with Crippen LogP contribution in [0.4, 0.5) is 10.1 Å². The van der Waals surface area contributed by atoms with Gasteiger partial charge in [-0.3, -0.25) is 15.0 Å². The lowest BCUT2D eigenvalue weighted by Crippen LogP contribution is -2.29. The number of nitrogens with zero attached hydrogens (tertiary/aromatic N) is 2. The van der Waals surface area contributed by atoms with Gasteiger partial charge in [-0.1, -0.05) is 6.07 Å². The Hall–Kier alpha value is -1.53. The van der Waals surface area contributed by atoms with Crippen molar-refractivity contribution < 1.29 is 14.1 Å². The number of nitro groups is 1. The molecule has 1 fully saturated rings. The lowest BCUT2D eigenvalue weighted by atomic mass is 10.2. The zero-order chi connectivity index (χ0) is 13.8. The first-order valence-corrected chi connectivity index (χ1v) is 6.27. The number of hydrogen-bond acceptors (Lipinski definition) is 4. The number of nitro benzene ring substituents is 1. The lowest BCUT2D eigenvalue weighted by molar-refractivity contribution is -0.387. The van der Waals surface area contributed by atoms with Gasteiger partial charge in [0.2, 0.25) is 5.82 Å². The highest BCUT2D eigenvalue weighted by Gasteiger charge is 2.28. The van der Waals surface area contributed by atoms with Gasteiger partial charge in [0.05, 0.1) is 11.5 Å². The van der Waals surface area contributed by atoms with E-state index in [1.54, 1.807) is 13.2 Å². The summed E-state index contributed by atoms with van der Waals surface area (Å²) in [7, 11) is 1.65. The summed E-state index contributed by atoms with van der Waals surface area (Å²) in [6.45, 7) is 2.02. The molecule has 0 N–H and O–H groups in total. The minimum atomic E-state index is -0.773. The van der Waals surface area contributed by atoms with Crippen LogP contribution in [0.15, 0.2) is 18.2 Å². The van der Waals surface area contributed by atoms with Gasteiger partial charge in [-0.2, -0.15) is 4.39 Å². The number of benzene rings is 1. The van der Waals surface area contributed by atoms with Crippen molar-refractivity contribution in [1.82, 2.24) is 4.90 Å². The number of hydrogen-bond donors (Lipinski definition) is 0. The molecule has 0 unspecified atom stereocenters. The van der Waals surface area contributed by atoms with Crippen LogP contribution in [0.1, 0.15) is 18.4 Å². The first-order valence-electron chi connectivity index (χ1n) is 6.27. The molecule has 0 aliphatic heterocycles. The molecule has 1 aromatic rings. The summed E-state index contributed by atoms with van der Waals surface area (Å²) in [5.41, 5.74) is 0.282. The normalized spacial score (nSPS) is 14.9. The summed E-state index contributed by atoms with van der Waals surface area (Å²) in [6, 6.07) is 4.63. The number of rotatable bonds is 7. The molecular weight excluding hydrogens is 251 g/mol. The highest BCUT2D eigenvalue weighted by molar-refractivity contribution is 5.35. The van der Waals surface area contributed by atoms with Gasteiger partial charge in [0.25, 0.3) is 0 Å². The van der Waals surface area contributed by atoms with Crippen molar-refractivity contribution in [3.63, 3.8) is 0 Å². The van der Waals surface area contributed by atoms with Crippen LogP contribution in [-0.2, 0) is 11.3 Å². The smallest absolute Gasteiger partial charge is 0.304 e. The van der Waals surface area contributed by atoms with Gasteiger partial charge in [-0.15, -0.1) is 0 Å². The van der Waals surface area contributed by atoms with Crippen molar-refractivity contribution in [3.8, 4) is 0 Å². The fraction of sp³-hybridized carbons (Fsp3) is 0.538. The van der Waals surface area contributed by atoms with E-state index < -0.39 is 16.4 Å². The van der Waals surface area contributed by atoms with Crippen molar-refractivity contribution >= 4 is 5.69 Å².